The zero-order chi connectivity index (χ0) is 15.9. The van der Waals surface area contributed by atoms with E-state index in [1.54, 1.807) is 17.0 Å². The number of carbonyl (C=O) groups excluding carboxylic acids is 1. The van der Waals surface area contributed by atoms with Crippen LogP contribution in [0, 0.1) is 0 Å². The Labute approximate surface area is 135 Å². The normalized spacial score (nSPS) is 15.4. The Kier molecular flexibility index (Phi) is 3.84. The van der Waals surface area contributed by atoms with Crippen LogP contribution in [0.15, 0.2) is 12.1 Å². The van der Waals surface area contributed by atoms with E-state index < -0.39 is 6.09 Å². The lowest BCUT2D eigenvalue weighted by atomic mass is 10.3. The molecule has 2 N–H and O–H groups in total. The van der Waals surface area contributed by atoms with Crippen LogP contribution in [0.1, 0.15) is 10.6 Å². The van der Waals surface area contributed by atoms with E-state index in [0.29, 0.717) is 47.3 Å². The van der Waals surface area contributed by atoms with Crippen molar-refractivity contribution in [1.29, 1.82) is 0 Å². The molecule has 9 heteroatoms. The Balaban J connectivity index is 1.79. The first kappa shape index (κ1) is 14.9. The van der Waals surface area contributed by atoms with E-state index in [4.69, 9.17) is 28.3 Å². The van der Waals surface area contributed by atoms with Crippen molar-refractivity contribution in [3.63, 3.8) is 0 Å². The van der Waals surface area contributed by atoms with Crippen LogP contribution in [0.25, 0.3) is 11.0 Å². The molecule has 1 fully saturated rings. The molecule has 1 saturated heterocycles. The molecule has 1 aliphatic heterocycles. The first-order valence-electron chi connectivity index (χ1n) is 6.57. The summed E-state index contributed by atoms with van der Waals surface area (Å²) in [6.07, 6.45) is -0.972. The first-order chi connectivity index (χ1) is 10.5. The summed E-state index contributed by atoms with van der Waals surface area (Å²) < 4.78 is 0. The molecule has 0 unspecified atom stereocenters. The number of nitrogens with zero attached hydrogens (tertiary/aromatic N) is 3. The van der Waals surface area contributed by atoms with E-state index in [1.807, 2.05) is 0 Å². The predicted octanol–water partition coefficient (Wildman–Crippen LogP) is 2.31. The van der Waals surface area contributed by atoms with Crippen molar-refractivity contribution in [2.45, 2.75) is 0 Å². The Morgan fingerprint density at radius 3 is 2.32 bits per heavy atom. The Morgan fingerprint density at radius 2 is 1.68 bits per heavy atom. The van der Waals surface area contributed by atoms with Crippen molar-refractivity contribution >= 4 is 46.2 Å². The van der Waals surface area contributed by atoms with Crippen LogP contribution in [0.3, 0.4) is 0 Å². The number of amides is 2. The molecule has 1 aromatic heterocycles. The summed E-state index contributed by atoms with van der Waals surface area (Å²) in [5.41, 5.74) is 1.18. The zero-order valence-electron chi connectivity index (χ0n) is 11.3. The molecular formula is C13H12Cl2N4O3. The summed E-state index contributed by atoms with van der Waals surface area (Å²) in [6, 6.07) is 3.21. The molecule has 3 rings (SSSR count). The van der Waals surface area contributed by atoms with Gasteiger partial charge < -0.3 is 19.9 Å². The Bertz CT molecular complexity index is 714. The lowest BCUT2D eigenvalue weighted by molar-refractivity contribution is 0.0615. The van der Waals surface area contributed by atoms with Gasteiger partial charge in [0.2, 0.25) is 0 Å². The van der Waals surface area contributed by atoms with Crippen LogP contribution in [0.5, 0.6) is 0 Å². The number of piperazine rings is 1. The molecule has 0 atom stereocenters. The minimum atomic E-state index is -0.972. The van der Waals surface area contributed by atoms with Gasteiger partial charge >= 0.3 is 6.09 Å². The van der Waals surface area contributed by atoms with Crippen LogP contribution >= 0.6 is 23.2 Å². The second-order valence-electron chi connectivity index (χ2n) is 4.93. The fraction of sp³-hybridized carbons (Fsp3) is 0.308. The third kappa shape index (κ3) is 2.69. The lowest BCUT2D eigenvalue weighted by Crippen LogP contribution is -2.50. The first-order valence-corrected chi connectivity index (χ1v) is 7.33. The number of imidazole rings is 1. The fourth-order valence-electron chi connectivity index (χ4n) is 2.36. The van der Waals surface area contributed by atoms with Gasteiger partial charge in [-0.1, -0.05) is 23.2 Å². The molecule has 2 heterocycles. The average Bonchev–Trinajstić information content (AvgIpc) is 2.90. The second kappa shape index (κ2) is 5.66. The summed E-state index contributed by atoms with van der Waals surface area (Å²) in [4.78, 5) is 33.3. The van der Waals surface area contributed by atoms with E-state index in [9.17, 15) is 9.59 Å². The monoisotopic (exact) mass is 342 g/mol. The topological polar surface area (TPSA) is 89.5 Å². The van der Waals surface area contributed by atoms with Crippen LogP contribution < -0.4 is 0 Å². The smallest absolute Gasteiger partial charge is 0.407 e. The standard InChI is InChI=1S/C13H12Cl2N4O3/c14-7-5-9-10(6-8(7)15)17-11(16-9)12(20)18-1-3-19(4-2-18)13(21)22/h5-6H,1-4H2,(H,16,17)(H,21,22). The molecule has 22 heavy (non-hydrogen) atoms. The molecular weight excluding hydrogens is 331 g/mol. The van der Waals surface area contributed by atoms with Gasteiger partial charge in [0.05, 0.1) is 21.1 Å². The van der Waals surface area contributed by atoms with Gasteiger partial charge in [0.1, 0.15) is 0 Å². The largest absolute Gasteiger partial charge is 0.465 e. The maximum Gasteiger partial charge on any atom is 0.407 e. The van der Waals surface area contributed by atoms with Gasteiger partial charge in [0.15, 0.2) is 5.82 Å². The van der Waals surface area contributed by atoms with Gasteiger partial charge in [0.25, 0.3) is 5.91 Å². The van der Waals surface area contributed by atoms with Gasteiger partial charge in [-0.3, -0.25) is 4.79 Å². The summed E-state index contributed by atoms with van der Waals surface area (Å²) in [5, 5.41) is 9.66. The van der Waals surface area contributed by atoms with Crippen molar-refractivity contribution in [2.24, 2.45) is 0 Å². The van der Waals surface area contributed by atoms with Gasteiger partial charge in [-0.15, -0.1) is 0 Å². The van der Waals surface area contributed by atoms with E-state index in [0.717, 1.165) is 0 Å². The number of halogens is 2. The third-order valence-corrected chi connectivity index (χ3v) is 4.29. The van der Waals surface area contributed by atoms with Crippen molar-refractivity contribution in [3.05, 3.63) is 28.0 Å². The second-order valence-corrected chi connectivity index (χ2v) is 5.75. The van der Waals surface area contributed by atoms with E-state index in [1.165, 1.54) is 4.90 Å². The average molecular weight is 343 g/mol. The number of hydrogen-bond donors (Lipinski definition) is 2. The number of aromatic nitrogens is 2. The van der Waals surface area contributed by atoms with Crippen LogP contribution in [-0.2, 0) is 0 Å². The summed E-state index contributed by atoms with van der Waals surface area (Å²) in [7, 11) is 0. The molecule has 1 aromatic carbocycles. The number of hydrogen-bond acceptors (Lipinski definition) is 3. The molecule has 0 spiro atoms. The molecule has 7 nitrogen and oxygen atoms in total. The molecule has 2 amide bonds. The molecule has 0 saturated carbocycles. The number of carbonyl (C=O) groups is 2. The van der Waals surface area contributed by atoms with Crippen molar-refractivity contribution in [1.82, 2.24) is 19.8 Å². The minimum absolute atomic E-state index is 0.192. The minimum Gasteiger partial charge on any atom is -0.465 e. The van der Waals surface area contributed by atoms with Crippen LogP contribution in [0.4, 0.5) is 4.79 Å². The molecule has 2 aromatic rings. The number of aromatic amines is 1. The van der Waals surface area contributed by atoms with Crippen molar-refractivity contribution in [2.75, 3.05) is 26.2 Å². The van der Waals surface area contributed by atoms with Gasteiger partial charge in [-0.25, -0.2) is 9.78 Å². The van der Waals surface area contributed by atoms with E-state index >= 15 is 0 Å². The maximum absolute atomic E-state index is 12.4. The number of H-pyrrole nitrogens is 1. The van der Waals surface area contributed by atoms with Gasteiger partial charge in [-0.05, 0) is 12.1 Å². The lowest BCUT2D eigenvalue weighted by Gasteiger charge is -2.32. The van der Waals surface area contributed by atoms with Crippen LogP contribution in [-0.4, -0.2) is 63.1 Å². The molecule has 0 radical (unpaired) electrons. The molecule has 0 bridgehead atoms. The number of fused-ring (bicyclic) bond motifs is 1. The summed E-state index contributed by atoms with van der Waals surface area (Å²) >= 11 is 11.9. The molecule has 1 aliphatic rings. The highest BCUT2D eigenvalue weighted by molar-refractivity contribution is 6.42. The van der Waals surface area contributed by atoms with Crippen molar-refractivity contribution < 1.29 is 14.7 Å². The summed E-state index contributed by atoms with van der Waals surface area (Å²) in [6.45, 7) is 1.26. The SMILES string of the molecule is O=C(O)N1CCN(C(=O)c2nc3cc(Cl)c(Cl)cc3[nH]2)CC1. The number of carboxylic acid groups (broad SMARTS) is 1. The number of benzene rings is 1. The van der Waals surface area contributed by atoms with Gasteiger partial charge in [0, 0.05) is 26.2 Å². The zero-order valence-corrected chi connectivity index (χ0v) is 12.9. The van der Waals surface area contributed by atoms with E-state index in [2.05, 4.69) is 9.97 Å². The molecule has 0 aliphatic carbocycles. The third-order valence-electron chi connectivity index (χ3n) is 3.56. The van der Waals surface area contributed by atoms with Crippen LogP contribution in [0.2, 0.25) is 10.0 Å². The number of rotatable bonds is 1. The Morgan fingerprint density at radius 1 is 1.09 bits per heavy atom. The Hall–Kier alpha value is -1.99. The summed E-state index contributed by atoms with van der Waals surface area (Å²) in [5.74, 6) is -0.0782. The quantitative estimate of drug-likeness (QED) is 0.831. The highest BCUT2D eigenvalue weighted by Crippen LogP contribution is 2.26. The van der Waals surface area contributed by atoms with Crippen molar-refractivity contribution in [3.8, 4) is 0 Å². The maximum atomic E-state index is 12.4. The van der Waals surface area contributed by atoms with E-state index in [-0.39, 0.29) is 11.7 Å². The number of nitrogens with one attached hydrogen (secondary N) is 1. The highest BCUT2D eigenvalue weighted by Gasteiger charge is 2.26. The highest BCUT2D eigenvalue weighted by atomic mass is 35.5. The predicted molar refractivity (Wildman–Crippen MR) is 81.6 cm³/mol. The molecule has 116 valence electrons. The van der Waals surface area contributed by atoms with Gasteiger partial charge in [-0.2, -0.15) is 0 Å². The fourth-order valence-corrected chi connectivity index (χ4v) is 2.68.